The maximum Gasteiger partial charge on any atom is 0.268 e. The van der Waals surface area contributed by atoms with Crippen molar-refractivity contribution in [1.29, 1.82) is 0 Å². The zero-order chi connectivity index (χ0) is 17.1. The Morgan fingerprint density at radius 2 is 2.04 bits per heavy atom. The molecule has 1 aliphatic rings. The maximum atomic E-state index is 12.1. The zero-order valence-corrected chi connectivity index (χ0v) is 13.8. The summed E-state index contributed by atoms with van der Waals surface area (Å²) < 4.78 is 1.31. The molecule has 3 rings (SSSR count). The van der Waals surface area contributed by atoms with Gasteiger partial charge in [0, 0.05) is 37.9 Å². The SMILES string of the molecule is CN(CC(=O)Nc1ccccc1)C1CN(c2cnn(C)c(=O)c2)C1. The molecular weight excluding hydrogens is 306 g/mol. The summed E-state index contributed by atoms with van der Waals surface area (Å²) in [5.74, 6) is -0.0302. The predicted molar refractivity (Wildman–Crippen MR) is 93.2 cm³/mol. The number of rotatable bonds is 5. The Hall–Kier alpha value is -2.67. The van der Waals surface area contributed by atoms with Crippen LogP contribution in [-0.4, -0.2) is 53.3 Å². The van der Waals surface area contributed by atoms with E-state index >= 15 is 0 Å². The number of aromatic nitrogens is 2. The van der Waals surface area contributed by atoms with E-state index in [1.54, 1.807) is 19.3 Å². The summed E-state index contributed by atoms with van der Waals surface area (Å²) in [6.45, 7) is 1.90. The first-order valence-electron chi connectivity index (χ1n) is 7.86. The summed E-state index contributed by atoms with van der Waals surface area (Å²) in [5, 5.41) is 6.92. The van der Waals surface area contributed by atoms with Crippen molar-refractivity contribution < 1.29 is 4.79 Å². The summed E-state index contributed by atoms with van der Waals surface area (Å²) in [4.78, 5) is 27.8. The van der Waals surface area contributed by atoms with Crippen molar-refractivity contribution in [1.82, 2.24) is 14.7 Å². The van der Waals surface area contributed by atoms with Crippen molar-refractivity contribution in [2.24, 2.45) is 7.05 Å². The van der Waals surface area contributed by atoms with E-state index in [0.717, 1.165) is 24.5 Å². The van der Waals surface area contributed by atoms with Gasteiger partial charge in [-0.2, -0.15) is 5.10 Å². The van der Waals surface area contributed by atoms with Crippen molar-refractivity contribution in [3.63, 3.8) is 0 Å². The highest BCUT2D eigenvalue weighted by molar-refractivity contribution is 5.92. The molecule has 0 saturated carbocycles. The molecule has 7 heteroatoms. The van der Waals surface area contributed by atoms with E-state index in [0.29, 0.717) is 6.54 Å². The molecular formula is C17H21N5O2. The highest BCUT2D eigenvalue weighted by atomic mass is 16.2. The summed E-state index contributed by atoms with van der Waals surface area (Å²) in [5.41, 5.74) is 1.51. The van der Waals surface area contributed by atoms with E-state index in [-0.39, 0.29) is 17.5 Å². The smallest absolute Gasteiger partial charge is 0.268 e. The van der Waals surface area contributed by atoms with Gasteiger partial charge in [-0.1, -0.05) is 18.2 Å². The van der Waals surface area contributed by atoms with Crippen molar-refractivity contribution in [3.8, 4) is 0 Å². The first-order chi connectivity index (χ1) is 11.5. The Morgan fingerprint density at radius 3 is 2.71 bits per heavy atom. The highest BCUT2D eigenvalue weighted by Crippen LogP contribution is 2.21. The van der Waals surface area contributed by atoms with Gasteiger partial charge in [-0.3, -0.25) is 14.5 Å². The van der Waals surface area contributed by atoms with Crippen LogP contribution in [0.15, 0.2) is 47.4 Å². The second-order valence-electron chi connectivity index (χ2n) is 6.06. The van der Waals surface area contributed by atoms with Gasteiger partial charge >= 0.3 is 0 Å². The normalized spacial score (nSPS) is 14.5. The standard InChI is InChI=1S/C17H21N5O2/c1-20(12-16(23)19-13-6-4-3-5-7-13)15-10-22(11-15)14-8-17(24)21(2)18-9-14/h3-9,15H,10-12H2,1-2H3,(H,19,23). The lowest BCUT2D eigenvalue weighted by Gasteiger charge is -2.45. The fourth-order valence-corrected chi connectivity index (χ4v) is 2.66. The Labute approximate surface area is 140 Å². The molecule has 0 aliphatic carbocycles. The second-order valence-corrected chi connectivity index (χ2v) is 6.06. The van der Waals surface area contributed by atoms with E-state index in [1.165, 1.54) is 4.68 Å². The molecule has 24 heavy (non-hydrogen) atoms. The van der Waals surface area contributed by atoms with Crippen LogP contribution in [0.5, 0.6) is 0 Å². The van der Waals surface area contributed by atoms with Crippen LogP contribution in [0.4, 0.5) is 11.4 Å². The minimum atomic E-state index is -0.119. The number of carbonyl (C=O) groups excluding carboxylic acids is 1. The number of nitrogens with one attached hydrogen (secondary N) is 1. The molecule has 1 N–H and O–H groups in total. The van der Waals surface area contributed by atoms with E-state index in [1.807, 2.05) is 42.3 Å². The molecule has 1 fully saturated rings. The molecule has 1 aromatic carbocycles. The third-order valence-corrected chi connectivity index (χ3v) is 4.25. The summed E-state index contributed by atoms with van der Waals surface area (Å²) in [6.07, 6.45) is 1.69. The summed E-state index contributed by atoms with van der Waals surface area (Å²) in [7, 11) is 3.57. The Balaban J connectivity index is 1.49. The number of nitrogens with zero attached hydrogens (tertiary/aromatic N) is 4. The molecule has 7 nitrogen and oxygen atoms in total. The maximum absolute atomic E-state index is 12.1. The van der Waals surface area contributed by atoms with Gasteiger partial charge in [0.1, 0.15) is 0 Å². The highest BCUT2D eigenvalue weighted by Gasteiger charge is 2.31. The number of carbonyl (C=O) groups is 1. The number of anilines is 2. The molecule has 1 aliphatic heterocycles. The quantitative estimate of drug-likeness (QED) is 0.868. The lowest BCUT2D eigenvalue weighted by Crippen LogP contribution is -2.59. The minimum Gasteiger partial charge on any atom is -0.367 e. The van der Waals surface area contributed by atoms with E-state index < -0.39 is 0 Å². The van der Waals surface area contributed by atoms with Gasteiger partial charge in [0.25, 0.3) is 5.56 Å². The van der Waals surface area contributed by atoms with Crippen LogP contribution in [0, 0.1) is 0 Å². The molecule has 2 heterocycles. The lowest BCUT2D eigenvalue weighted by atomic mass is 10.1. The fraction of sp³-hybridized carbons (Fsp3) is 0.353. The molecule has 0 radical (unpaired) electrons. The number of likely N-dealkylation sites (N-methyl/N-ethyl adjacent to an activating group) is 1. The van der Waals surface area contributed by atoms with Crippen LogP contribution in [0.3, 0.4) is 0 Å². The lowest BCUT2D eigenvalue weighted by molar-refractivity contribution is -0.117. The Morgan fingerprint density at radius 1 is 1.33 bits per heavy atom. The van der Waals surface area contributed by atoms with Crippen LogP contribution >= 0.6 is 0 Å². The van der Waals surface area contributed by atoms with Crippen molar-refractivity contribution in [2.45, 2.75) is 6.04 Å². The average molecular weight is 327 g/mol. The number of para-hydroxylation sites is 1. The number of hydrogen-bond donors (Lipinski definition) is 1. The van der Waals surface area contributed by atoms with Crippen LogP contribution in [0.25, 0.3) is 0 Å². The van der Waals surface area contributed by atoms with Gasteiger partial charge in [0.15, 0.2) is 0 Å². The predicted octanol–water partition coefficient (Wildman–Crippen LogP) is 0.539. The molecule has 0 atom stereocenters. The van der Waals surface area contributed by atoms with Gasteiger partial charge in [-0.15, -0.1) is 0 Å². The Kier molecular flexibility index (Phi) is 4.61. The topological polar surface area (TPSA) is 70.5 Å². The summed E-state index contributed by atoms with van der Waals surface area (Å²) >= 11 is 0. The van der Waals surface area contributed by atoms with Crippen LogP contribution in [-0.2, 0) is 11.8 Å². The van der Waals surface area contributed by atoms with Gasteiger partial charge < -0.3 is 10.2 Å². The van der Waals surface area contributed by atoms with Crippen molar-refractivity contribution >= 4 is 17.3 Å². The van der Waals surface area contributed by atoms with Gasteiger partial charge in [0.2, 0.25) is 5.91 Å². The number of aryl methyl sites for hydroxylation is 1. The van der Waals surface area contributed by atoms with Gasteiger partial charge in [0.05, 0.1) is 18.4 Å². The molecule has 126 valence electrons. The van der Waals surface area contributed by atoms with Crippen molar-refractivity contribution in [3.05, 3.63) is 52.9 Å². The molecule has 1 saturated heterocycles. The zero-order valence-electron chi connectivity index (χ0n) is 13.8. The molecule has 2 aromatic rings. The monoisotopic (exact) mass is 327 g/mol. The third-order valence-electron chi connectivity index (χ3n) is 4.25. The van der Waals surface area contributed by atoms with Crippen LogP contribution < -0.4 is 15.8 Å². The van der Waals surface area contributed by atoms with Gasteiger partial charge in [-0.25, -0.2) is 4.68 Å². The summed E-state index contributed by atoms with van der Waals surface area (Å²) in [6, 6.07) is 11.3. The Bertz CT molecular complexity index is 768. The molecule has 0 unspecified atom stereocenters. The van der Waals surface area contributed by atoms with E-state index in [9.17, 15) is 9.59 Å². The fourth-order valence-electron chi connectivity index (χ4n) is 2.66. The average Bonchev–Trinajstić information content (AvgIpc) is 2.50. The first-order valence-corrected chi connectivity index (χ1v) is 7.86. The number of hydrogen-bond acceptors (Lipinski definition) is 5. The van der Waals surface area contributed by atoms with E-state index in [2.05, 4.69) is 15.3 Å². The number of benzene rings is 1. The van der Waals surface area contributed by atoms with E-state index in [4.69, 9.17) is 0 Å². The third kappa shape index (κ3) is 3.62. The first kappa shape index (κ1) is 16.2. The van der Waals surface area contributed by atoms with Gasteiger partial charge in [-0.05, 0) is 19.2 Å². The molecule has 0 spiro atoms. The second kappa shape index (κ2) is 6.84. The molecule has 1 aromatic heterocycles. The van der Waals surface area contributed by atoms with Crippen LogP contribution in [0.1, 0.15) is 0 Å². The minimum absolute atomic E-state index is 0.0302. The van der Waals surface area contributed by atoms with Crippen LogP contribution in [0.2, 0.25) is 0 Å². The van der Waals surface area contributed by atoms with Crippen molar-refractivity contribution in [2.75, 3.05) is 36.9 Å². The molecule has 1 amide bonds. The molecule has 0 bridgehead atoms. The largest absolute Gasteiger partial charge is 0.367 e. The number of amides is 1.